The predicted octanol–water partition coefficient (Wildman–Crippen LogP) is 2.21. The number of halogens is 3. The molecule has 1 atom stereocenters. The molecule has 6 heteroatoms. The van der Waals surface area contributed by atoms with E-state index in [9.17, 15) is 13.9 Å². The summed E-state index contributed by atoms with van der Waals surface area (Å²) < 4.78 is 26.5. The Kier molecular flexibility index (Phi) is 4.53. The van der Waals surface area contributed by atoms with Crippen molar-refractivity contribution in [3.63, 3.8) is 0 Å². The minimum absolute atomic E-state index is 0.00594. The van der Waals surface area contributed by atoms with Gasteiger partial charge in [0.1, 0.15) is 18.2 Å². The number of nitrogens with one attached hydrogen (secondary N) is 1. The number of alkyl halides is 1. The molecule has 1 aliphatic heterocycles. The fourth-order valence-corrected chi connectivity index (χ4v) is 2.56. The zero-order valence-electron chi connectivity index (χ0n) is 9.80. The number of phenolic OH excluding ortho intramolecular Hbond substituents is 1. The third-order valence-corrected chi connectivity index (χ3v) is 3.95. The normalized spacial score (nSPS) is 18.8. The summed E-state index contributed by atoms with van der Waals surface area (Å²) in [5.41, 5.74) is 0.424. The molecule has 1 saturated heterocycles. The van der Waals surface area contributed by atoms with Gasteiger partial charge in [0.05, 0.1) is 10.5 Å². The molecule has 0 aromatic heterocycles. The Labute approximate surface area is 113 Å². The highest BCUT2D eigenvalue weighted by Crippen LogP contribution is 2.36. The fourth-order valence-electron chi connectivity index (χ4n) is 2.19. The molecule has 0 radical (unpaired) electrons. The van der Waals surface area contributed by atoms with Gasteiger partial charge in [-0.05, 0) is 22.0 Å². The lowest BCUT2D eigenvalue weighted by Crippen LogP contribution is -2.45. The smallest absolute Gasteiger partial charge is 0.141 e. The Bertz CT molecular complexity index is 425. The monoisotopic (exact) mass is 320 g/mol. The molecule has 2 N–H and O–H groups in total. The molecule has 1 aromatic rings. The van der Waals surface area contributed by atoms with Crippen LogP contribution in [0, 0.1) is 5.82 Å². The number of phenols is 1. The van der Waals surface area contributed by atoms with E-state index in [1.54, 1.807) is 0 Å². The van der Waals surface area contributed by atoms with E-state index in [1.807, 2.05) is 4.90 Å². The van der Waals surface area contributed by atoms with E-state index in [0.717, 1.165) is 13.1 Å². The summed E-state index contributed by atoms with van der Waals surface area (Å²) in [4.78, 5) is 1.95. The lowest BCUT2D eigenvalue weighted by Gasteiger charge is -2.34. The van der Waals surface area contributed by atoms with Gasteiger partial charge in [-0.3, -0.25) is 4.90 Å². The molecule has 1 aromatic carbocycles. The molecule has 1 fully saturated rings. The second-order valence-electron chi connectivity index (χ2n) is 4.26. The molecule has 1 aliphatic rings. The average Bonchev–Trinajstić information content (AvgIpc) is 2.41. The average molecular weight is 321 g/mol. The molecule has 3 nitrogen and oxygen atoms in total. The molecule has 2 rings (SSSR count). The second-order valence-corrected chi connectivity index (χ2v) is 5.05. The zero-order valence-corrected chi connectivity index (χ0v) is 11.4. The number of nitrogens with zero attached hydrogens (tertiary/aromatic N) is 1. The van der Waals surface area contributed by atoms with Crippen LogP contribution in [0.15, 0.2) is 16.6 Å². The van der Waals surface area contributed by atoms with Gasteiger partial charge in [0, 0.05) is 31.7 Å². The van der Waals surface area contributed by atoms with Crippen LogP contribution in [-0.2, 0) is 0 Å². The van der Waals surface area contributed by atoms with Crippen molar-refractivity contribution < 1.29 is 13.9 Å². The molecule has 0 amide bonds. The van der Waals surface area contributed by atoms with Gasteiger partial charge < -0.3 is 10.4 Å². The van der Waals surface area contributed by atoms with E-state index >= 15 is 0 Å². The Hall–Kier alpha value is -0.720. The number of aromatic hydroxyl groups is 1. The minimum atomic E-state index is -0.606. The van der Waals surface area contributed by atoms with E-state index in [1.165, 1.54) is 12.1 Å². The van der Waals surface area contributed by atoms with Gasteiger partial charge in [-0.2, -0.15) is 0 Å². The third kappa shape index (κ3) is 2.65. The van der Waals surface area contributed by atoms with Crippen molar-refractivity contribution >= 4 is 15.9 Å². The number of hydrogen-bond acceptors (Lipinski definition) is 3. The van der Waals surface area contributed by atoms with Crippen LogP contribution in [-0.4, -0.2) is 42.9 Å². The Morgan fingerprint density at radius 1 is 1.39 bits per heavy atom. The van der Waals surface area contributed by atoms with Crippen molar-refractivity contribution in [2.75, 3.05) is 32.9 Å². The molecule has 0 aliphatic carbocycles. The highest BCUT2D eigenvalue weighted by Gasteiger charge is 2.26. The van der Waals surface area contributed by atoms with Crippen LogP contribution in [0.3, 0.4) is 0 Å². The summed E-state index contributed by atoms with van der Waals surface area (Å²) >= 11 is 2.97. The van der Waals surface area contributed by atoms with Crippen LogP contribution < -0.4 is 5.32 Å². The van der Waals surface area contributed by atoms with Crippen LogP contribution in [0.1, 0.15) is 11.6 Å². The van der Waals surface area contributed by atoms with Crippen LogP contribution in [0.25, 0.3) is 0 Å². The first-order valence-corrected chi connectivity index (χ1v) is 6.62. The number of piperazine rings is 1. The highest BCUT2D eigenvalue weighted by atomic mass is 79.9. The largest absolute Gasteiger partial charge is 0.506 e. The van der Waals surface area contributed by atoms with Gasteiger partial charge in [-0.1, -0.05) is 6.07 Å². The van der Waals surface area contributed by atoms with E-state index in [2.05, 4.69) is 21.2 Å². The maximum atomic E-state index is 13.3. The minimum Gasteiger partial charge on any atom is -0.506 e. The third-order valence-electron chi connectivity index (χ3n) is 3.20. The van der Waals surface area contributed by atoms with E-state index in [-0.39, 0.29) is 10.2 Å². The van der Waals surface area contributed by atoms with Gasteiger partial charge in [0.25, 0.3) is 0 Å². The summed E-state index contributed by atoms with van der Waals surface area (Å²) in [5, 5.41) is 13.1. The van der Waals surface area contributed by atoms with Gasteiger partial charge >= 0.3 is 0 Å². The van der Waals surface area contributed by atoms with Crippen molar-refractivity contribution in [1.29, 1.82) is 0 Å². The maximum absolute atomic E-state index is 13.3. The second kappa shape index (κ2) is 5.95. The summed E-state index contributed by atoms with van der Waals surface area (Å²) in [6.45, 7) is 2.40. The van der Waals surface area contributed by atoms with Crippen LogP contribution in [0.5, 0.6) is 5.75 Å². The van der Waals surface area contributed by atoms with Gasteiger partial charge in [-0.15, -0.1) is 0 Å². The molecule has 1 heterocycles. The quantitative estimate of drug-likeness (QED) is 0.896. The van der Waals surface area contributed by atoms with E-state index < -0.39 is 18.5 Å². The zero-order chi connectivity index (χ0) is 13.1. The van der Waals surface area contributed by atoms with Crippen LogP contribution in [0.2, 0.25) is 0 Å². The lowest BCUT2D eigenvalue weighted by molar-refractivity contribution is 0.145. The van der Waals surface area contributed by atoms with Crippen molar-refractivity contribution in [3.05, 3.63) is 28.0 Å². The van der Waals surface area contributed by atoms with Gasteiger partial charge in [0.2, 0.25) is 0 Å². The number of hydrogen-bond donors (Lipinski definition) is 2. The molecule has 0 unspecified atom stereocenters. The Morgan fingerprint density at radius 3 is 2.67 bits per heavy atom. The number of benzene rings is 1. The topological polar surface area (TPSA) is 35.5 Å². The molecular formula is C12H15BrF2N2O. The first-order chi connectivity index (χ1) is 8.65. The number of rotatable bonds is 3. The summed E-state index contributed by atoms with van der Waals surface area (Å²) in [6.07, 6.45) is 0. The van der Waals surface area contributed by atoms with Crippen molar-refractivity contribution in [1.82, 2.24) is 10.2 Å². The Balaban J connectivity index is 2.29. The fraction of sp³-hybridized carbons (Fsp3) is 0.500. The van der Waals surface area contributed by atoms with E-state index in [4.69, 9.17) is 0 Å². The van der Waals surface area contributed by atoms with Crippen molar-refractivity contribution in [2.24, 2.45) is 0 Å². The van der Waals surface area contributed by atoms with Crippen LogP contribution >= 0.6 is 15.9 Å². The van der Waals surface area contributed by atoms with Gasteiger partial charge in [0.15, 0.2) is 0 Å². The highest BCUT2D eigenvalue weighted by molar-refractivity contribution is 9.10. The summed E-state index contributed by atoms with van der Waals surface area (Å²) in [7, 11) is 0. The first-order valence-electron chi connectivity index (χ1n) is 5.82. The standard InChI is InChI=1S/C12H15BrF2N2O/c13-11-9(15)2-1-8(12(11)18)10(7-14)17-5-3-16-4-6-17/h1-2,10,16,18H,3-7H2/t10-/m0/s1. The molecule has 0 spiro atoms. The molecule has 0 bridgehead atoms. The predicted molar refractivity (Wildman–Crippen MR) is 68.9 cm³/mol. The lowest BCUT2D eigenvalue weighted by atomic mass is 10.0. The summed E-state index contributed by atoms with van der Waals surface area (Å²) in [5.74, 6) is -0.759. The van der Waals surface area contributed by atoms with Gasteiger partial charge in [-0.25, -0.2) is 8.78 Å². The molecule has 100 valence electrons. The van der Waals surface area contributed by atoms with Crippen LogP contribution in [0.4, 0.5) is 8.78 Å². The molecular weight excluding hydrogens is 306 g/mol. The SMILES string of the molecule is Oc1c([C@H](CF)N2CCNCC2)ccc(F)c1Br. The summed E-state index contributed by atoms with van der Waals surface area (Å²) in [6, 6.07) is 2.16. The van der Waals surface area contributed by atoms with E-state index in [0.29, 0.717) is 18.7 Å². The van der Waals surface area contributed by atoms with Crippen molar-refractivity contribution in [2.45, 2.75) is 6.04 Å². The Morgan fingerprint density at radius 2 is 2.06 bits per heavy atom. The van der Waals surface area contributed by atoms with Crippen molar-refractivity contribution in [3.8, 4) is 5.75 Å². The molecule has 0 saturated carbocycles. The molecule has 18 heavy (non-hydrogen) atoms. The first kappa shape index (κ1) is 13.7. The maximum Gasteiger partial charge on any atom is 0.141 e.